The molecule has 1 aromatic carbocycles. The Hall–Kier alpha value is -2.63. The highest BCUT2D eigenvalue weighted by molar-refractivity contribution is 7.16. The number of pyridine rings is 1. The maximum Gasteiger partial charge on any atom is 0.256 e. The van der Waals surface area contributed by atoms with Gasteiger partial charge in [0.2, 0.25) is 0 Å². The molecule has 1 aliphatic rings. The van der Waals surface area contributed by atoms with E-state index in [0.717, 1.165) is 27.5 Å². The third kappa shape index (κ3) is 2.83. The first-order valence-corrected chi connectivity index (χ1v) is 9.97. The zero-order valence-electron chi connectivity index (χ0n) is 14.4. The molecule has 0 radical (unpaired) electrons. The van der Waals surface area contributed by atoms with Crippen molar-refractivity contribution >= 4 is 34.5 Å². The van der Waals surface area contributed by atoms with Gasteiger partial charge in [-0.3, -0.25) is 4.79 Å². The summed E-state index contributed by atoms with van der Waals surface area (Å²) < 4.78 is 2.65. The average Bonchev–Trinajstić information content (AvgIpc) is 3.31. The number of aromatic nitrogens is 2. The van der Waals surface area contributed by atoms with Crippen molar-refractivity contribution < 1.29 is 4.79 Å². The maximum atomic E-state index is 13.4. The lowest BCUT2D eigenvalue weighted by Gasteiger charge is -2.36. The van der Waals surface area contributed by atoms with Gasteiger partial charge in [-0.1, -0.05) is 41.9 Å². The minimum Gasteiger partial charge on any atom is -0.327 e. The zero-order valence-corrected chi connectivity index (χ0v) is 16.0. The van der Waals surface area contributed by atoms with Crippen molar-refractivity contribution in [3.8, 4) is 0 Å². The van der Waals surface area contributed by atoms with Crippen LogP contribution in [-0.4, -0.2) is 26.7 Å². The first-order chi connectivity index (χ1) is 13.2. The van der Waals surface area contributed by atoms with Crippen LogP contribution in [0.25, 0.3) is 5.65 Å². The Labute approximate surface area is 165 Å². The molecule has 1 unspecified atom stereocenters. The van der Waals surface area contributed by atoms with E-state index >= 15 is 0 Å². The monoisotopic (exact) mass is 393 g/mol. The van der Waals surface area contributed by atoms with Gasteiger partial charge in [-0.2, -0.15) is 0 Å². The number of carbonyl (C=O) groups excluding carboxylic acids is 1. The van der Waals surface area contributed by atoms with E-state index in [1.54, 1.807) is 17.5 Å². The summed E-state index contributed by atoms with van der Waals surface area (Å²) in [6.07, 6.45) is 6.27. The summed E-state index contributed by atoms with van der Waals surface area (Å²) in [4.78, 5) is 20.9. The van der Waals surface area contributed by atoms with Gasteiger partial charge in [-0.05, 0) is 35.7 Å². The molecule has 5 rings (SSSR count). The Kier molecular flexibility index (Phi) is 3.99. The molecule has 4 heterocycles. The van der Waals surface area contributed by atoms with Crippen LogP contribution in [0.4, 0.5) is 0 Å². The second-order valence-corrected chi connectivity index (χ2v) is 8.37. The Bertz CT molecular complexity index is 1130. The van der Waals surface area contributed by atoms with Gasteiger partial charge in [-0.25, -0.2) is 4.98 Å². The quantitative estimate of drug-likeness (QED) is 0.488. The minimum absolute atomic E-state index is 0.0208. The molecule has 3 aromatic heterocycles. The number of hydrogen-bond acceptors (Lipinski definition) is 3. The summed E-state index contributed by atoms with van der Waals surface area (Å²) in [7, 11) is 0. The molecule has 0 aliphatic carbocycles. The third-order valence-corrected chi connectivity index (χ3v) is 6.35. The molecule has 0 saturated heterocycles. The number of carbonyl (C=O) groups is 1. The van der Waals surface area contributed by atoms with E-state index in [1.165, 1.54) is 4.88 Å². The predicted octanol–water partition coefficient (Wildman–Crippen LogP) is 4.84. The fraction of sp³-hybridized carbons (Fsp3) is 0.143. The third-order valence-electron chi connectivity index (χ3n) is 5.01. The van der Waals surface area contributed by atoms with E-state index in [1.807, 2.05) is 58.1 Å². The van der Waals surface area contributed by atoms with Crippen molar-refractivity contribution in [2.24, 2.45) is 0 Å². The van der Waals surface area contributed by atoms with E-state index < -0.39 is 0 Å². The molecule has 0 N–H and O–H groups in total. The number of amides is 1. The lowest BCUT2D eigenvalue weighted by molar-refractivity contribution is 0.0695. The summed E-state index contributed by atoms with van der Waals surface area (Å²) in [5.41, 5.74) is 3.73. The van der Waals surface area contributed by atoms with Crippen molar-refractivity contribution in [3.05, 3.63) is 93.0 Å². The second kappa shape index (κ2) is 6.51. The second-order valence-electron chi connectivity index (χ2n) is 6.60. The fourth-order valence-corrected chi connectivity index (χ4v) is 5.08. The zero-order chi connectivity index (χ0) is 18.4. The highest BCUT2D eigenvalue weighted by Crippen LogP contribution is 2.41. The van der Waals surface area contributed by atoms with E-state index in [9.17, 15) is 4.79 Å². The standard InChI is InChI=1S/C21H16ClN3OS/c22-18-12-16-17(27-18)8-10-25(20(16)14-4-2-1-3-5-14)21(26)15-6-7-19-23-9-11-24(19)13-15/h1-7,9,11-13,20H,8,10H2. The van der Waals surface area contributed by atoms with Gasteiger partial charge in [0.1, 0.15) is 5.65 Å². The Morgan fingerprint density at radius 2 is 2.04 bits per heavy atom. The van der Waals surface area contributed by atoms with E-state index in [-0.39, 0.29) is 11.9 Å². The molecule has 4 aromatic rings. The van der Waals surface area contributed by atoms with Crippen LogP contribution in [0.1, 0.15) is 32.4 Å². The maximum absolute atomic E-state index is 13.4. The SMILES string of the molecule is O=C(c1ccc2nccn2c1)N1CCc2sc(Cl)cc2C1c1ccccc1. The van der Waals surface area contributed by atoms with E-state index in [0.29, 0.717) is 12.1 Å². The largest absolute Gasteiger partial charge is 0.327 e. The Balaban J connectivity index is 1.60. The first kappa shape index (κ1) is 16.5. The number of halogens is 1. The number of benzene rings is 1. The van der Waals surface area contributed by atoms with Crippen molar-refractivity contribution in [2.75, 3.05) is 6.54 Å². The lowest BCUT2D eigenvalue weighted by Crippen LogP contribution is -2.40. The van der Waals surface area contributed by atoms with Crippen molar-refractivity contribution in [1.82, 2.24) is 14.3 Å². The number of rotatable bonds is 2. The summed E-state index contributed by atoms with van der Waals surface area (Å²) >= 11 is 7.92. The smallest absolute Gasteiger partial charge is 0.256 e. The van der Waals surface area contributed by atoms with Crippen molar-refractivity contribution in [1.29, 1.82) is 0 Å². The van der Waals surface area contributed by atoms with Crippen LogP contribution in [-0.2, 0) is 6.42 Å². The molecule has 0 saturated carbocycles. The van der Waals surface area contributed by atoms with Crippen LogP contribution >= 0.6 is 22.9 Å². The van der Waals surface area contributed by atoms with Gasteiger partial charge in [0, 0.05) is 30.0 Å². The molecule has 0 bridgehead atoms. The minimum atomic E-state index is -0.121. The molecule has 134 valence electrons. The summed E-state index contributed by atoms with van der Waals surface area (Å²) in [5, 5.41) is 0. The van der Waals surface area contributed by atoms with Crippen molar-refractivity contribution in [2.45, 2.75) is 12.5 Å². The lowest BCUT2D eigenvalue weighted by atomic mass is 9.92. The van der Waals surface area contributed by atoms with Crippen LogP contribution in [0.2, 0.25) is 4.34 Å². The number of imidazole rings is 1. The molecule has 0 spiro atoms. The van der Waals surface area contributed by atoms with Gasteiger partial charge in [0.05, 0.1) is 15.9 Å². The number of hydrogen-bond donors (Lipinski definition) is 0. The van der Waals surface area contributed by atoms with Crippen LogP contribution in [0.5, 0.6) is 0 Å². The molecule has 1 atom stereocenters. The predicted molar refractivity (Wildman–Crippen MR) is 108 cm³/mol. The van der Waals surface area contributed by atoms with Gasteiger partial charge >= 0.3 is 0 Å². The molecule has 4 nitrogen and oxygen atoms in total. The number of nitrogens with zero attached hydrogens (tertiary/aromatic N) is 3. The Morgan fingerprint density at radius 3 is 2.89 bits per heavy atom. The summed E-state index contributed by atoms with van der Waals surface area (Å²) in [6.45, 7) is 0.671. The van der Waals surface area contributed by atoms with Crippen LogP contribution < -0.4 is 0 Å². The van der Waals surface area contributed by atoms with Gasteiger partial charge in [0.25, 0.3) is 5.91 Å². The molecular formula is C21H16ClN3OS. The van der Waals surface area contributed by atoms with Crippen LogP contribution in [0.15, 0.2) is 67.1 Å². The highest BCUT2D eigenvalue weighted by Gasteiger charge is 2.34. The van der Waals surface area contributed by atoms with Crippen LogP contribution in [0.3, 0.4) is 0 Å². The molecule has 27 heavy (non-hydrogen) atoms. The topological polar surface area (TPSA) is 37.6 Å². The molecule has 6 heteroatoms. The van der Waals surface area contributed by atoms with Gasteiger partial charge in [0.15, 0.2) is 0 Å². The highest BCUT2D eigenvalue weighted by atomic mass is 35.5. The van der Waals surface area contributed by atoms with Gasteiger partial charge in [-0.15, -0.1) is 11.3 Å². The van der Waals surface area contributed by atoms with Crippen molar-refractivity contribution in [3.63, 3.8) is 0 Å². The first-order valence-electron chi connectivity index (χ1n) is 8.77. The summed E-state index contributed by atoms with van der Waals surface area (Å²) in [5.74, 6) is 0.0208. The normalized spacial score (nSPS) is 16.5. The Morgan fingerprint density at radius 1 is 1.19 bits per heavy atom. The number of thiophene rings is 1. The van der Waals surface area contributed by atoms with E-state index in [2.05, 4.69) is 17.1 Å². The molecule has 1 aliphatic heterocycles. The molecule has 0 fully saturated rings. The van der Waals surface area contributed by atoms with Gasteiger partial charge < -0.3 is 9.30 Å². The summed E-state index contributed by atoms with van der Waals surface area (Å²) in [6, 6.07) is 15.8. The van der Waals surface area contributed by atoms with Crippen LogP contribution in [0, 0.1) is 0 Å². The van der Waals surface area contributed by atoms with E-state index in [4.69, 9.17) is 11.6 Å². The number of fused-ring (bicyclic) bond motifs is 2. The fourth-order valence-electron chi connectivity index (χ4n) is 3.78. The average molecular weight is 394 g/mol. The molecule has 1 amide bonds. The molecular weight excluding hydrogens is 378 g/mol.